The Morgan fingerprint density at radius 3 is 2.44 bits per heavy atom. The first kappa shape index (κ1) is 24.1. The Morgan fingerprint density at radius 2 is 1.81 bits per heavy atom. The number of hydrogen-bond donors (Lipinski definition) is 0. The van der Waals surface area contributed by atoms with Crippen LogP contribution in [0.1, 0.15) is 45.5 Å². The van der Waals surface area contributed by atoms with Crippen LogP contribution in [0.3, 0.4) is 0 Å². The number of carbonyl (C=O) groups is 1. The summed E-state index contributed by atoms with van der Waals surface area (Å²) in [5.41, 5.74) is 0.991. The minimum Gasteiger partial charge on any atom is -0.494 e. The smallest absolute Gasteiger partial charge is 0.266 e. The zero-order valence-electron chi connectivity index (χ0n) is 18.4. The predicted octanol–water partition coefficient (Wildman–Crippen LogP) is 5.28. The SMILES string of the molecule is CCCCN(C(=O)C(Cl)Cl)C(C)c1nc2ccccc2c(=O)n1-c1ccc(OCC)cc1. The van der Waals surface area contributed by atoms with Crippen molar-refractivity contribution in [3.63, 3.8) is 0 Å². The molecule has 32 heavy (non-hydrogen) atoms. The fourth-order valence-corrected chi connectivity index (χ4v) is 3.88. The van der Waals surface area contributed by atoms with Gasteiger partial charge in [-0.2, -0.15) is 0 Å². The van der Waals surface area contributed by atoms with Gasteiger partial charge in [-0.15, -0.1) is 0 Å². The normalized spacial score (nSPS) is 12.2. The summed E-state index contributed by atoms with van der Waals surface area (Å²) < 4.78 is 7.08. The highest BCUT2D eigenvalue weighted by Gasteiger charge is 2.29. The van der Waals surface area contributed by atoms with Crippen molar-refractivity contribution in [2.75, 3.05) is 13.2 Å². The van der Waals surface area contributed by atoms with Gasteiger partial charge in [0.05, 0.1) is 29.2 Å². The molecule has 3 aromatic rings. The third-order valence-corrected chi connectivity index (χ3v) is 5.64. The van der Waals surface area contributed by atoms with Crippen molar-refractivity contribution in [3.8, 4) is 11.4 Å². The number of hydrogen-bond acceptors (Lipinski definition) is 4. The number of aromatic nitrogens is 2. The Labute approximate surface area is 197 Å². The summed E-state index contributed by atoms with van der Waals surface area (Å²) in [4.78, 5) is 31.5. The molecule has 0 saturated carbocycles. The van der Waals surface area contributed by atoms with Crippen LogP contribution in [0.4, 0.5) is 0 Å². The molecule has 0 aliphatic heterocycles. The van der Waals surface area contributed by atoms with Gasteiger partial charge in [0, 0.05) is 6.54 Å². The molecule has 0 spiro atoms. The van der Waals surface area contributed by atoms with Gasteiger partial charge in [-0.25, -0.2) is 4.98 Å². The van der Waals surface area contributed by atoms with Crippen LogP contribution in [0.25, 0.3) is 16.6 Å². The number of fused-ring (bicyclic) bond motifs is 1. The van der Waals surface area contributed by atoms with E-state index >= 15 is 0 Å². The van der Waals surface area contributed by atoms with E-state index in [1.807, 2.05) is 51.1 Å². The maximum atomic E-state index is 13.5. The molecule has 1 aromatic heterocycles. The molecule has 0 N–H and O–H groups in total. The standard InChI is InChI=1S/C24H27Cl2N3O3/c1-4-6-15-28(24(31)21(25)26)16(3)22-27-20-10-8-7-9-19(20)23(30)29(22)17-11-13-18(14-12-17)32-5-2/h7-14,16,21H,4-6,15H2,1-3H3. The Bertz CT molecular complexity index is 1130. The lowest BCUT2D eigenvalue weighted by Crippen LogP contribution is -2.40. The van der Waals surface area contributed by atoms with Crippen LogP contribution in [0, 0.1) is 0 Å². The van der Waals surface area contributed by atoms with Gasteiger partial charge in [-0.05, 0) is 56.7 Å². The number of amides is 1. The zero-order valence-corrected chi connectivity index (χ0v) is 19.9. The average molecular weight is 476 g/mol. The molecule has 1 atom stereocenters. The summed E-state index contributed by atoms with van der Waals surface area (Å²) in [6, 6.07) is 13.9. The molecule has 6 nitrogen and oxygen atoms in total. The third-order valence-electron chi connectivity index (χ3n) is 5.27. The first-order valence-electron chi connectivity index (χ1n) is 10.7. The highest BCUT2D eigenvalue weighted by molar-refractivity contribution is 6.53. The first-order chi connectivity index (χ1) is 15.4. The molecule has 0 bridgehead atoms. The molecule has 0 radical (unpaired) electrons. The molecule has 0 saturated heterocycles. The highest BCUT2D eigenvalue weighted by Crippen LogP contribution is 2.26. The lowest BCUT2D eigenvalue weighted by molar-refractivity contribution is -0.131. The summed E-state index contributed by atoms with van der Waals surface area (Å²) in [6.07, 6.45) is 1.67. The second-order valence-electron chi connectivity index (χ2n) is 7.42. The lowest BCUT2D eigenvalue weighted by Gasteiger charge is -2.31. The predicted molar refractivity (Wildman–Crippen MR) is 129 cm³/mol. The highest BCUT2D eigenvalue weighted by atomic mass is 35.5. The number of rotatable bonds is 9. The van der Waals surface area contributed by atoms with Gasteiger partial charge in [0.25, 0.3) is 11.5 Å². The number of para-hydroxylation sites is 1. The van der Waals surface area contributed by atoms with Gasteiger partial charge in [-0.3, -0.25) is 14.2 Å². The molecule has 0 fully saturated rings. The minimum absolute atomic E-state index is 0.210. The monoisotopic (exact) mass is 475 g/mol. The van der Waals surface area contributed by atoms with E-state index in [0.29, 0.717) is 41.3 Å². The van der Waals surface area contributed by atoms with Gasteiger partial charge < -0.3 is 9.64 Å². The molecule has 1 unspecified atom stereocenters. The van der Waals surface area contributed by atoms with Gasteiger partial charge in [0.1, 0.15) is 11.6 Å². The Balaban J connectivity index is 2.20. The maximum Gasteiger partial charge on any atom is 0.266 e. The van der Waals surface area contributed by atoms with E-state index in [-0.39, 0.29) is 5.56 Å². The van der Waals surface area contributed by atoms with Crippen molar-refractivity contribution >= 4 is 40.0 Å². The minimum atomic E-state index is -1.19. The summed E-state index contributed by atoms with van der Waals surface area (Å²) in [6.45, 7) is 6.79. The summed E-state index contributed by atoms with van der Waals surface area (Å²) in [5.74, 6) is 0.741. The van der Waals surface area contributed by atoms with Crippen LogP contribution < -0.4 is 10.3 Å². The van der Waals surface area contributed by atoms with Crippen molar-refractivity contribution in [2.45, 2.75) is 44.5 Å². The van der Waals surface area contributed by atoms with E-state index in [0.717, 1.165) is 12.8 Å². The quantitative estimate of drug-likeness (QED) is 0.395. The van der Waals surface area contributed by atoms with Crippen molar-refractivity contribution in [3.05, 3.63) is 64.7 Å². The molecule has 2 aromatic carbocycles. The molecule has 170 valence electrons. The second-order valence-corrected chi connectivity index (χ2v) is 8.51. The van der Waals surface area contributed by atoms with Crippen molar-refractivity contribution in [1.29, 1.82) is 0 Å². The van der Waals surface area contributed by atoms with Crippen LogP contribution in [-0.2, 0) is 4.79 Å². The molecule has 1 amide bonds. The number of halogens is 2. The Kier molecular flexibility index (Phi) is 8.15. The van der Waals surface area contributed by atoms with Crippen molar-refractivity contribution in [1.82, 2.24) is 14.5 Å². The number of benzene rings is 2. The van der Waals surface area contributed by atoms with Crippen LogP contribution in [0.5, 0.6) is 5.75 Å². The second kappa shape index (κ2) is 10.8. The van der Waals surface area contributed by atoms with Gasteiger partial charge in [0.15, 0.2) is 4.84 Å². The summed E-state index contributed by atoms with van der Waals surface area (Å²) >= 11 is 11.9. The largest absolute Gasteiger partial charge is 0.494 e. The first-order valence-corrected chi connectivity index (χ1v) is 11.6. The Hall–Kier alpha value is -2.57. The van der Waals surface area contributed by atoms with E-state index in [9.17, 15) is 9.59 Å². The number of carbonyl (C=O) groups excluding carboxylic acids is 1. The van der Waals surface area contributed by atoms with E-state index in [1.54, 1.807) is 27.7 Å². The molecule has 0 aliphatic carbocycles. The molecule has 0 aliphatic rings. The van der Waals surface area contributed by atoms with Crippen LogP contribution in [0.15, 0.2) is 53.3 Å². The number of nitrogens with zero attached hydrogens (tertiary/aromatic N) is 3. The third kappa shape index (κ3) is 5.08. The zero-order chi connectivity index (χ0) is 23.3. The van der Waals surface area contributed by atoms with E-state index in [1.165, 1.54) is 0 Å². The lowest BCUT2D eigenvalue weighted by atomic mass is 10.1. The van der Waals surface area contributed by atoms with Crippen LogP contribution in [0.2, 0.25) is 0 Å². The fraction of sp³-hybridized carbons (Fsp3) is 0.375. The fourth-order valence-electron chi connectivity index (χ4n) is 3.63. The Morgan fingerprint density at radius 1 is 1.12 bits per heavy atom. The van der Waals surface area contributed by atoms with Gasteiger partial charge >= 0.3 is 0 Å². The van der Waals surface area contributed by atoms with Crippen LogP contribution in [-0.4, -0.2) is 38.3 Å². The van der Waals surface area contributed by atoms with Crippen LogP contribution >= 0.6 is 23.2 Å². The van der Waals surface area contributed by atoms with E-state index in [4.69, 9.17) is 32.9 Å². The number of unbranched alkanes of at least 4 members (excludes halogenated alkanes) is 1. The van der Waals surface area contributed by atoms with E-state index in [2.05, 4.69) is 0 Å². The van der Waals surface area contributed by atoms with Gasteiger partial charge in [0.2, 0.25) is 0 Å². The maximum absolute atomic E-state index is 13.5. The van der Waals surface area contributed by atoms with Gasteiger partial charge in [-0.1, -0.05) is 48.7 Å². The number of alkyl halides is 2. The molecular formula is C24H27Cl2N3O3. The number of ether oxygens (including phenoxy) is 1. The summed E-state index contributed by atoms with van der Waals surface area (Å²) in [7, 11) is 0. The topological polar surface area (TPSA) is 64.4 Å². The molecule has 1 heterocycles. The summed E-state index contributed by atoms with van der Waals surface area (Å²) in [5, 5.41) is 0.497. The molecule has 3 rings (SSSR count). The molecular weight excluding hydrogens is 449 g/mol. The molecule has 8 heteroatoms. The van der Waals surface area contributed by atoms with Crippen molar-refractivity contribution in [2.24, 2.45) is 0 Å². The average Bonchev–Trinajstić information content (AvgIpc) is 2.80. The van der Waals surface area contributed by atoms with E-state index < -0.39 is 16.8 Å². The van der Waals surface area contributed by atoms with Crippen molar-refractivity contribution < 1.29 is 9.53 Å².